The van der Waals surface area contributed by atoms with E-state index in [0.29, 0.717) is 25.3 Å². The van der Waals surface area contributed by atoms with E-state index in [4.69, 9.17) is 11.6 Å². The van der Waals surface area contributed by atoms with Crippen LogP contribution in [0.4, 0.5) is 14.5 Å². The minimum absolute atomic E-state index is 0.00590. The zero-order chi connectivity index (χ0) is 23.6. The van der Waals surface area contributed by atoms with E-state index < -0.39 is 27.6 Å². The molecule has 1 aliphatic rings. The zero-order valence-corrected chi connectivity index (χ0v) is 19.7. The first-order valence-electron chi connectivity index (χ1n) is 10.3. The molecule has 0 aromatic heterocycles. The minimum Gasteiger partial charge on any atom is -0.371 e. The smallest absolute Gasteiger partial charge is 0.252 e. The van der Waals surface area contributed by atoms with E-state index in [0.717, 1.165) is 18.6 Å². The Hall–Kier alpha value is -2.23. The number of halogens is 3. The van der Waals surface area contributed by atoms with Crippen molar-refractivity contribution in [3.05, 3.63) is 58.6 Å². The summed E-state index contributed by atoms with van der Waals surface area (Å²) in [5, 5.41) is 2.97. The Kier molecular flexibility index (Phi) is 7.42. The Morgan fingerprint density at radius 1 is 1.22 bits per heavy atom. The van der Waals surface area contributed by atoms with Gasteiger partial charge in [0.05, 0.1) is 15.5 Å². The quantitative estimate of drug-likeness (QED) is 0.645. The van der Waals surface area contributed by atoms with Crippen LogP contribution in [-0.4, -0.2) is 51.4 Å². The van der Waals surface area contributed by atoms with Crippen LogP contribution in [0.1, 0.15) is 30.6 Å². The van der Waals surface area contributed by atoms with Gasteiger partial charge in [-0.15, -0.1) is 0 Å². The van der Waals surface area contributed by atoms with Gasteiger partial charge < -0.3 is 10.2 Å². The van der Waals surface area contributed by atoms with Gasteiger partial charge in [-0.1, -0.05) is 11.6 Å². The molecule has 3 rings (SSSR count). The summed E-state index contributed by atoms with van der Waals surface area (Å²) in [6.45, 7) is 5.09. The fourth-order valence-corrected chi connectivity index (χ4v) is 5.13. The van der Waals surface area contributed by atoms with Crippen molar-refractivity contribution >= 4 is 33.2 Å². The second kappa shape index (κ2) is 9.72. The highest BCUT2D eigenvalue weighted by Gasteiger charge is 2.27. The number of nitrogens with zero attached hydrogens (tertiary/aromatic N) is 2. The summed E-state index contributed by atoms with van der Waals surface area (Å²) in [6.07, 6.45) is 0.764. The van der Waals surface area contributed by atoms with Crippen molar-refractivity contribution in [2.24, 2.45) is 5.92 Å². The maximum Gasteiger partial charge on any atom is 0.252 e. The molecule has 6 nitrogen and oxygen atoms in total. The number of carbonyl (C=O) groups is 1. The molecule has 2 aromatic carbocycles. The van der Waals surface area contributed by atoms with Crippen molar-refractivity contribution in [3.8, 4) is 0 Å². The van der Waals surface area contributed by atoms with E-state index in [1.807, 2.05) is 4.90 Å². The van der Waals surface area contributed by atoms with Crippen molar-refractivity contribution in [2.75, 3.05) is 31.6 Å². The lowest BCUT2D eigenvalue weighted by Crippen LogP contribution is -2.34. The number of rotatable bonds is 7. The molecule has 174 valence electrons. The molecule has 1 heterocycles. The molecule has 1 fully saturated rings. The average Bonchev–Trinajstić information content (AvgIpc) is 3.22. The summed E-state index contributed by atoms with van der Waals surface area (Å²) in [5.41, 5.74) is 0.674. The predicted octanol–water partition coefficient (Wildman–Crippen LogP) is 3.90. The van der Waals surface area contributed by atoms with Gasteiger partial charge in [-0.3, -0.25) is 4.79 Å². The van der Waals surface area contributed by atoms with Gasteiger partial charge >= 0.3 is 0 Å². The van der Waals surface area contributed by atoms with Crippen LogP contribution in [0.15, 0.2) is 41.3 Å². The molecule has 1 saturated heterocycles. The summed E-state index contributed by atoms with van der Waals surface area (Å²) in [6, 6.07) is 7.61. The average molecular weight is 486 g/mol. The number of benzene rings is 2. The topological polar surface area (TPSA) is 69.7 Å². The number of amides is 1. The van der Waals surface area contributed by atoms with Crippen LogP contribution in [0.5, 0.6) is 0 Å². The fraction of sp³-hybridized carbons (Fsp3) is 0.409. The standard InChI is InChI=1S/C22H26ClF2N3O3S/c1-14(2)27(3)32(30,31)17-5-6-19(23)18(11-17)22(29)26-12-15-8-9-28(13-15)16-4-7-20(24)21(25)10-16/h4-7,10-11,14-15H,8-9,12-13H2,1-3H3,(H,26,29). The molecule has 0 radical (unpaired) electrons. The van der Waals surface area contributed by atoms with Crippen LogP contribution in [-0.2, 0) is 10.0 Å². The molecule has 10 heteroatoms. The number of carbonyl (C=O) groups excluding carboxylic acids is 1. The van der Waals surface area contributed by atoms with E-state index in [9.17, 15) is 22.0 Å². The summed E-state index contributed by atoms with van der Waals surface area (Å²) >= 11 is 6.17. The predicted molar refractivity (Wildman–Crippen MR) is 121 cm³/mol. The number of nitrogens with one attached hydrogen (secondary N) is 1. The Bertz CT molecular complexity index is 1110. The Balaban J connectivity index is 1.66. The summed E-state index contributed by atoms with van der Waals surface area (Å²) in [4.78, 5) is 14.7. The molecular formula is C22H26ClF2N3O3S. The summed E-state index contributed by atoms with van der Waals surface area (Å²) in [7, 11) is -2.28. The largest absolute Gasteiger partial charge is 0.371 e. The Morgan fingerprint density at radius 3 is 2.59 bits per heavy atom. The first kappa shape index (κ1) is 24.4. The number of anilines is 1. The molecule has 1 atom stereocenters. The third kappa shape index (κ3) is 5.22. The molecule has 0 aliphatic carbocycles. The van der Waals surface area contributed by atoms with Gasteiger partial charge in [-0.25, -0.2) is 17.2 Å². The normalized spacial score (nSPS) is 16.8. The fourth-order valence-electron chi connectivity index (χ4n) is 3.53. The Labute approximate surface area is 192 Å². The number of hydrogen-bond donors (Lipinski definition) is 1. The van der Waals surface area contributed by atoms with Crippen LogP contribution < -0.4 is 10.2 Å². The Morgan fingerprint density at radius 2 is 1.94 bits per heavy atom. The molecule has 0 spiro atoms. The van der Waals surface area contributed by atoms with Gasteiger partial charge in [-0.2, -0.15) is 4.31 Å². The lowest BCUT2D eigenvalue weighted by Gasteiger charge is -2.21. The van der Waals surface area contributed by atoms with E-state index in [1.54, 1.807) is 13.8 Å². The van der Waals surface area contributed by atoms with E-state index in [-0.39, 0.29) is 27.4 Å². The zero-order valence-electron chi connectivity index (χ0n) is 18.1. The van der Waals surface area contributed by atoms with Gasteiger partial charge in [0.25, 0.3) is 5.91 Å². The first-order chi connectivity index (χ1) is 15.0. The molecule has 1 unspecified atom stereocenters. The van der Waals surface area contributed by atoms with E-state index in [2.05, 4.69) is 5.32 Å². The number of sulfonamides is 1. The van der Waals surface area contributed by atoms with Crippen molar-refractivity contribution in [3.63, 3.8) is 0 Å². The van der Waals surface area contributed by atoms with Crippen molar-refractivity contribution < 1.29 is 22.0 Å². The summed E-state index contributed by atoms with van der Waals surface area (Å²) < 4.78 is 53.4. The molecule has 32 heavy (non-hydrogen) atoms. The molecule has 0 saturated carbocycles. The van der Waals surface area contributed by atoms with Crippen LogP contribution in [0.3, 0.4) is 0 Å². The molecule has 1 amide bonds. The minimum atomic E-state index is -3.76. The molecule has 0 bridgehead atoms. The van der Waals surface area contributed by atoms with Gasteiger partial charge in [0.1, 0.15) is 0 Å². The molecule has 1 N–H and O–H groups in total. The van der Waals surface area contributed by atoms with Crippen molar-refractivity contribution in [1.29, 1.82) is 0 Å². The first-order valence-corrected chi connectivity index (χ1v) is 12.1. The van der Waals surface area contributed by atoms with Crippen LogP contribution in [0.2, 0.25) is 5.02 Å². The summed E-state index contributed by atoms with van der Waals surface area (Å²) in [5.74, 6) is -2.15. The van der Waals surface area contributed by atoms with Gasteiger partial charge in [0, 0.05) is 44.5 Å². The molecular weight excluding hydrogens is 460 g/mol. The highest BCUT2D eigenvalue weighted by atomic mass is 35.5. The van der Waals surface area contributed by atoms with E-state index in [1.165, 1.54) is 35.6 Å². The van der Waals surface area contributed by atoms with Gasteiger partial charge in [0.2, 0.25) is 10.0 Å². The SMILES string of the molecule is CC(C)N(C)S(=O)(=O)c1ccc(Cl)c(C(=O)NCC2CCN(c3ccc(F)c(F)c3)C2)c1. The van der Waals surface area contributed by atoms with Gasteiger partial charge in [-0.05, 0) is 56.5 Å². The highest BCUT2D eigenvalue weighted by molar-refractivity contribution is 7.89. The third-order valence-corrected chi connectivity index (χ3v) is 8.05. The van der Waals surface area contributed by atoms with E-state index >= 15 is 0 Å². The van der Waals surface area contributed by atoms with Crippen LogP contribution >= 0.6 is 11.6 Å². The van der Waals surface area contributed by atoms with Crippen LogP contribution in [0.25, 0.3) is 0 Å². The highest BCUT2D eigenvalue weighted by Crippen LogP contribution is 2.26. The van der Waals surface area contributed by atoms with Crippen LogP contribution in [0, 0.1) is 17.6 Å². The lowest BCUT2D eigenvalue weighted by molar-refractivity contribution is 0.0948. The van der Waals surface area contributed by atoms with Crippen molar-refractivity contribution in [2.45, 2.75) is 31.2 Å². The van der Waals surface area contributed by atoms with Gasteiger partial charge in [0.15, 0.2) is 11.6 Å². The monoisotopic (exact) mass is 485 g/mol. The third-order valence-electron chi connectivity index (χ3n) is 5.69. The maximum atomic E-state index is 13.5. The molecule has 2 aromatic rings. The van der Waals surface area contributed by atoms with Crippen molar-refractivity contribution in [1.82, 2.24) is 9.62 Å². The second-order valence-corrected chi connectivity index (χ2v) is 10.6. The maximum absolute atomic E-state index is 13.5. The molecule has 1 aliphatic heterocycles. The second-order valence-electron chi connectivity index (χ2n) is 8.17. The lowest BCUT2D eigenvalue weighted by atomic mass is 10.1. The number of hydrogen-bond acceptors (Lipinski definition) is 4.